The van der Waals surface area contributed by atoms with E-state index in [0.29, 0.717) is 23.1 Å². The van der Waals surface area contributed by atoms with Crippen LogP contribution in [0, 0.1) is 0 Å². The first-order valence-corrected chi connectivity index (χ1v) is 8.63. The Bertz CT molecular complexity index is 767. The number of anilines is 2. The van der Waals surface area contributed by atoms with Gasteiger partial charge in [0.05, 0.1) is 17.9 Å². The molecule has 0 spiro atoms. The van der Waals surface area contributed by atoms with E-state index in [4.69, 9.17) is 34.8 Å². The fraction of sp³-hybridized carbons (Fsp3) is 0.222. The van der Waals surface area contributed by atoms with E-state index in [1.807, 2.05) is 43.3 Å². The second-order valence-corrected chi connectivity index (χ2v) is 6.54. The predicted molar refractivity (Wildman–Crippen MR) is 102 cm³/mol. The van der Waals surface area contributed by atoms with Crippen LogP contribution in [0.2, 0.25) is 5.02 Å². The summed E-state index contributed by atoms with van der Waals surface area (Å²) in [6.45, 7) is 3.25. The highest BCUT2D eigenvalue weighted by Crippen LogP contribution is 2.37. The molecule has 24 heavy (non-hydrogen) atoms. The molecular formula is C18H20Cl2N4. The van der Waals surface area contributed by atoms with Gasteiger partial charge < -0.3 is 15.6 Å². The Morgan fingerprint density at radius 3 is 2.46 bits per heavy atom. The topological polar surface area (TPSA) is 58.5 Å². The van der Waals surface area contributed by atoms with E-state index in [9.17, 15) is 0 Å². The monoisotopic (exact) mass is 362 g/mol. The van der Waals surface area contributed by atoms with Crippen molar-refractivity contribution in [3.8, 4) is 0 Å². The molecule has 2 aromatic rings. The number of hydrogen-bond donors (Lipinski definition) is 2. The number of allylic oxidation sites excluding steroid dienone is 1. The zero-order valence-corrected chi connectivity index (χ0v) is 15.0. The Morgan fingerprint density at radius 1 is 1.12 bits per heavy atom. The van der Waals surface area contributed by atoms with Crippen LogP contribution in [0.25, 0.3) is 5.70 Å². The van der Waals surface area contributed by atoms with E-state index in [1.165, 1.54) is 0 Å². The van der Waals surface area contributed by atoms with Crippen molar-refractivity contribution in [1.82, 2.24) is 5.01 Å². The Morgan fingerprint density at radius 2 is 1.83 bits per heavy atom. The molecule has 0 fully saturated rings. The average Bonchev–Trinajstić information content (AvgIpc) is 2.71. The molecule has 0 radical (unpaired) electrons. The largest absolute Gasteiger partial charge is 0.401 e. The van der Waals surface area contributed by atoms with Crippen molar-refractivity contribution < 1.29 is 0 Å². The lowest BCUT2D eigenvalue weighted by molar-refractivity contribution is 0.428. The molecule has 0 atom stereocenters. The fourth-order valence-electron chi connectivity index (χ4n) is 3.01. The van der Waals surface area contributed by atoms with Crippen LogP contribution in [0.1, 0.15) is 18.1 Å². The molecule has 126 valence electrons. The SMILES string of the molecule is C/C(N)=C1\c2ccc(CCl)cc2N(c2ccc(Cl)cc2)CCN1N. The summed E-state index contributed by atoms with van der Waals surface area (Å²) in [7, 11) is 0. The molecule has 3 rings (SSSR count). The van der Waals surface area contributed by atoms with Crippen molar-refractivity contribution in [2.24, 2.45) is 11.6 Å². The smallest absolute Gasteiger partial charge is 0.0795 e. The van der Waals surface area contributed by atoms with Gasteiger partial charge in [-0.1, -0.05) is 23.7 Å². The van der Waals surface area contributed by atoms with Crippen molar-refractivity contribution >= 4 is 40.3 Å². The van der Waals surface area contributed by atoms with Gasteiger partial charge in [-0.3, -0.25) is 0 Å². The van der Waals surface area contributed by atoms with E-state index in [1.54, 1.807) is 5.01 Å². The summed E-state index contributed by atoms with van der Waals surface area (Å²) in [5.74, 6) is 6.70. The first kappa shape index (κ1) is 17.0. The highest BCUT2D eigenvalue weighted by molar-refractivity contribution is 6.30. The predicted octanol–water partition coefficient (Wildman–Crippen LogP) is 4.05. The molecule has 2 aromatic carbocycles. The van der Waals surface area contributed by atoms with E-state index in [2.05, 4.69) is 11.0 Å². The van der Waals surface area contributed by atoms with Gasteiger partial charge in [-0.2, -0.15) is 0 Å². The third-order valence-corrected chi connectivity index (χ3v) is 4.69. The zero-order chi connectivity index (χ0) is 17.3. The standard InChI is InChI=1S/C18H20Cl2N4/c1-12(21)18-16-7-2-13(11-19)10-17(16)23(8-9-24(18)22)15-5-3-14(20)4-6-15/h2-7,10H,8-9,11,21-22H2,1H3/b18-12-. The minimum Gasteiger partial charge on any atom is -0.401 e. The number of hydrazine groups is 1. The summed E-state index contributed by atoms with van der Waals surface area (Å²) >= 11 is 12.1. The van der Waals surface area contributed by atoms with Crippen molar-refractivity contribution in [2.75, 3.05) is 18.0 Å². The molecule has 4 N–H and O–H groups in total. The number of hydrogen-bond acceptors (Lipinski definition) is 4. The van der Waals surface area contributed by atoms with Gasteiger partial charge >= 0.3 is 0 Å². The number of halogens is 2. The summed E-state index contributed by atoms with van der Waals surface area (Å²) in [4.78, 5) is 2.22. The maximum atomic E-state index is 6.25. The summed E-state index contributed by atoms with van der Waals surface area (Å²) in [5.41, 5.74) is 11.8. The van der Waals surface area contributed by atoms with Crippen LogP contribution in [0.15, 0.2) is 48.2 Å². The normalized spacial score (nSPS) is 16.7. The molecular weight excluding hydrogens is 343 g/mol. The highest BCUT2D eigenvalue weighted by atomic mass is 35.5. The van der Waals surface area contributed by atoms with Crippen molar-refractivity contribution in [1.29, 1.82) is 0 Å². The Balaban J connectivity index is 2.20. The maximum Gasteiger partial charge on any atom is 0.0795 e. The molecule has 0 aliphatic carbocycles. The molecule has 0 aromatic heterocycles. The molecule has 0 bridgehead atoms. The summed E-state index contributed by atoms with van der Waals surface area (Å²) in [6.07, 6.45) is 0. The molecule has 0 amide bonds. The summed E-state index contributed by atoms with van der Waals surface area (Å²) in [6, 6.07) is 13.9. The first-order chi connectivity index (χ1) is 11.5. The number of benzene rings is 2. The molecule has 0 unspecified atom stereocenters. The second-order valence-electron chi connectivity index (χ2n) is 5.84. The second kappa shape index (κ2) is 6.93. The van der Waals surface area contributed by atoms with Crippen LogP contribution in [0.4, 0.5) is 11.4 Å². The van der Waals surface area contributed by atoms with Crippen molar-refractivity contribution in [3.05, 3.63) is 64.3 Å². The van der Waals surface area contributed by atoms with E-state index in [0.717, 1.165) is 34.7 Å². The fourth-order valence-corrected chi connectivity index (χ4v) is 3.30. The molecule has 4 nitrogen and oxygen atoms in total. The zero-order valence-electron chi connectivity index (χ0n) is 13.5. The van der Waals surface area contributed by atoms with Gasteiger partial charge in [-0.05, 0) is 42.8 Å². The number of nitrogens with zero attached hydrogens (tertiary/aromatic N) is 2. The average molecular weight is 363 g/mol. The Labute approximate surface area is 152 Å². The van der Waals surface area contributed by atoms with Crippen molar-refractivity contribution in [3.63, 3.8) is 0 Å². The van der Waals surface area contributed by atoms with E-state index >= 15 is 0 Å². The quantitative estimate of drug-likeness (QED) is 0.624. The Hall–Kier alpha value is -1.88. The van der Waals surface area contributed by atoms with Crippen LogP contribution in [-0.4, -0.2) is 18.1 Å². The molecule has 1 aliphatic rings. The maximum absolute atomic E-state index is 6.25. The Kier molecular flexibility index (Phi) is 4.90. The van der Waals surface area contributed by atoms with Crippen LogP contribution >= 0.6 is 23.2 Å². The van der Waals surface area contributed by atoms with Gasteiger partial charge in [-0.25, -0.2) is 5.84 Å². The molecule has 6 heteroatoms. The van der Waals surface area contributed by atoms with Gasteiger partial charge in [0.15, 0.2) is 0 Å². The van der Waals surface area contributed by atoms with Crippen LogP contribution < -0.4 is 16.5 Å². The lowest BCUT2D eigenvalue weighted by Gasteiger charge is -2.25. The molecule has 1 aliphatic heterocycles. The van der Waals surface area contributed by atoms with Crippen LogP contribution in [-0.2, 0) is 5.88 Å². The van der Waals surface area contributed by atoms with Crippen LogP contribution in [0.5, 0.6) is 0 Å². The molecule has 1 heterocycles. The number of fused-ring (bicyclic) bond motifs is 1. The van der Waals surface area contributed by atoms with Gasteiger partial charge in [0.1, 0.15) is 0 Å². The number of alkyl halides is 1. The molecule has 0 saturated carbocycles. The lowest BCUT2D eigenvalue weighted by Crippen LogP contribution is -2.34. The van der Waals surface area contributed by atoms with E-state index < -0.39 is 0 Å². The van der Waals surface area contributed by atoms with Crippen LogP contribution in [0.3, 0.4) is 0 Å². The third-order valence-electron chi connectivity index (χ3n) is 4.13. The first-order valence-electron chi connectivity index (χ1n) is 7.72. The minimum atomic E-state index is 0.453. The highest BCUT2D eigenvalue weighted by Gasteiger charge is 2.24. The number of nitrogens with two attached hydrogens (primary N) is 2. The van der Waals surface area contributed by atoms with Crippen molar-refractivity contribution in [2.45, 2.75) is 12.8 Å². The lowest BCUT2D eigenvalue weighted by atomic mass is 10.0. The van der Waals surface area contributed by atoms with Gasteiger partial charge in [-0.15, -0.1) is 11.6 Å². The summed E-state index contributed by atoms with van der Waals surface area (Å²) < 4.78 is 0. The molecule has 0 saturated heterocycles. The van der Waals surface area contributed by atoms with E-state index in [-0.39, 0.29) is 0 Å². The number of rotatable bonds is 2. The third kappa shape index (κ3) is 3.18. The van der Waals surface area contributed by atoms with Gasteiger partial charge in [0.25, 0.3) is 0 Å². The minimum absolute atomic E-state index is 0.453. The summed E-state index contributed by atoms with van der Waals surface area (Å²) in [5, 5.41) is 2.42. The van der Waals surface area contributed by atoms with Gasteiger partial charge in [0, 0.05) is 34.4 Å². The van der Waals surface area contributed by atoms with Gasteiger partial charge in [0.2, 0.25) is 0 Å².